The van der Waals surface area contributed by atoms with Crippen LogP contribution in [0.5, 0.6) is 0 Å². The zero-order valence-electron chi connectivity index (χ0n) is 16.7. The van der Waals surface area contributed by atoms with Crippen molar-refractivity contribution >= 4 is 28.6 Å². The van der Waals surface area contributed by atoms with E-state index in [0.717, 1.165) is 59.8 Å². The van der Waals surface area contributed by atoms with Crippen LogP contribution in [-0.4, -0.2) is 44.2 Å². The zero-order chi connectivity index (χ0) is 21.4. The summed E-state index contributed by atoms with van der Waals surface area (Å²) in [5, 5.41) is 10.3. The minimum atomic E-state index is -0.264. The number of aliphatic hydroxyl groups is 1. The van der Waals surface area contributed by atoms with Crippen molar-refractivity contribution < 1.29 is 9.50 Å². The van der Waals surface area contributed by atoms with Crippen LogP contribution >= 0.6 is 11.6 Å². The molecule has 1 aliphatic heterocycles. The van der Waals surface area contributed by atoms with Gasteiger partial charge in [-0.05, 0) is 42.7 Å². The highest BCUT2D eigenvalue weighted by Gasteiger charge is 2.19. The molecule has 31 heavy (non-hydrogen) atoms. The second-order valence-electron chi connectivity index (χ2n) is 7.83. The van der Waals surface area contributed by atoms with Crippen molar-refractivity contribution in [2.45, 2.75) is 25.4 Å². The minimum Gasteiger partial charge on any atom is -0.393 e. The van der Waals surface area contributed by atoms with Gasteiger partial charge in [-0.15, -0.1) is 0 Å². The van der Waals surface area contributed by atoms with Crippen molar-refractivity contribution in [1.29, 1.82) is 0 Å². The molecule has 1 aliphatic rings. The molecular weight excluding hydrogens is 417 g/mol. The van der Waals surface area contributed by atoms with Gasteiger partial charge < -0.3 is 15.0 Å². The molecule has 8 heteroatoms. The first kappa shape index (κ1) is 19.9. The van der Waals surface area contributed by atoms with Crippen molar-refractivity contribution in [3.8, 4) is 11.1 Å². The maximum atomic E-state index is 13.5. The van der Waals surface area contributed by atoms with Crippen molar-refractivity contribution in [1.82, 2.24) is 19.9 Å². The summed E-state index contributed by atoms with van der Waals surface area (Å²) in [6.45, 7) is 1.52. The standard InChI is InChI=1S/C23H21ClFN5O/c24-19-13-26-22(30-6-4-17(31)5-7-30)11-18(19)15-10-20-23(27-12-15)29-21(28-20)9-14-2-1-3-16(25)8-14/h1-3,8,10-13,17,31H,4-7,9H2,(H,27,28,29). The number of nitrogens with one attached hydrogen (secondary N) is 1. The SMILES string of the molecule is OC1CCN(c2cc(-c3cnc4nc(Cc5cccc(F)c5)[nH]c4c3)c(Cl)cn2)CC1. The van der Waals surface area contributed by atoms with Crippen LogP contribution in [0.1, 0.15) is 24.2 Å². The van der Waals surface area contributed by atoms with E-state index in [9.17, 15) is 9.50 Å². The zero-order valence-corrected chi connectivity index (χ0v) is 17.5. The Morgan fingerprint density at radius 1 is 1.13 bits per heavy atom. The predicted molar refractivity (Wildman–Crippen MR) is 119 cm³/mol. The minimum absolute atomic E-state index is 0.239. The normalized spacial score (nSPS) is 15.0. The first-order valence-electron chi connectivity index (χ1n) is 10.2. The van der Waals surface area contributed by atoms with E-state index in [-0.39, 0.29) is 11.9 Å². The van der Waals surface area contributed by atoms with Gasteiger partial charge in [-0.3, -0.25) is 0 Å². The molecular formula is C23H21ClFN5O. The number of fused-ring (bicyclic) bond motifs is 1. The lowest BCUT2D eigenvalue weighted by molar-refractivity contribution is 0.145. The Morgan fingerprint density at radius 2 is 1.97 bits per heavy atom. The van der Waals surface area contributed by atoms with Gasteiger partial charge in [-0.2, -0.15) is 0 Å². The van der Waals surface area contributed by atoms with E-state index in [1.807, 2.05) is 18.2 Å². The second-order valence-corrected chi connectivity index (χ2v) is 8.23. The summed E-state index contributed by atoms with van der Waals surface area (Å²) >= 11 is 6.46. The number of aliphatic hydroxyl groups excluding tert-OH is 1. The number of aromatic amines is 1. The monoisotopic (exact) mass is 437 g/mol. The van der Waals surface area contributed by atoms with Crippen molar-refractivity contribution in [3.05, 3.63) is 71.0 Å². The Labute approximate surface area is 183 Å². The predicted octanol–water partition coefficient (Wildman–Crippen LogP) is 4.36. The third-order valence-corrected chi connectivity index (χ3v) is 5.89. The van der Waals surface area contributed by atoms with Gasteiger partial charge in [-0.25, -0.2) is 19.3 Å². The number of nitrogens with zero attached hydrogens (tertiary/aromatic N) is 4. The van der Waals surface area contributed by atoms with Crippen molar-refractivity contribution in [2.24, 2.45) is 0 Å². The Bertz CT molecular complexity index is 1240. The maximum absolute atomic E-state index is 13.5. The van der Waals surface area contributed by atoms with Crippen LogP contribution in [0.3, 0.4) is 0 Å². The van der Waals surface area contributed by atoms with E-state index in [1.54, 1.807) is 18.5 Å². The highest BCUT2D eigenvalue weighted by atomic mass is 35.5. The molecule has 0 unspecified atom stereocenters. The van der Waals surface area contributed by atoms with Crippen LogP contribution in [0.25, 0.3) is 22.3 Å². The van der Waals surface area contributed by atoms with E-state index < -0.39 is 0 Å². The largest absolute Gasteiger partial charge is 0.393 e. The van der Waals surface area contributed by atoms with Gasteiger partial charge in [0.1, 0.15) is 17.5 Å². The number of rotatable bonds is 4. The number of hydrogen-bond donors (Lipinski definition) is 2. The van der Waals surface area contributed by atoms with Gasteiger partial charge in [-0.1, -0.05) is 23.7 Å². The molecule has 1 fully saturated rings. The van der Waals surface area contributed by atoms with E-state index in [4.69, 9.17) is 11.6 Å². The third-order valence-electron chi connectivity index (χ3n) is 5.59. The molecule has 3 aromatic heterocycles. The Morgan fingerprint density at radius 3 is 2.77 bits per heavy atom. The molecule has 2 N–H and O–H groups in total. The summed E-state index contributed by atoms with van der Waals surface area (Å²) in [5.74, 6) is 1.29. The van der Waals surface area contributed by atoms with E-state index in [2.05, 4.69) is 24.8 Å². The maximum Gasteiger partial charge on any atom is 0.177 e. The first-order valence-corrected chi connectivity index (χ1v) is 10.6. The molecule has 0 amide bonds. The summed E-state index contributed by atoms with van der Waals surface area (Å²) in [5.41, 5.74) is 3.94. The molecule has 0 bridgehead atoms. The van der Waals surface area contributed by atoms with Crippen LogP contribution in [0, 0.1) is 5.82 Å². The van der Waals surface area contributed by atoms with Gasteiger partial charge in [0.15, 0.2) is 5.65 Å². The number of anilines is 1. The smallest absolute Gasteiger partial charge is 0.177 e. The molecule has 0 saturated carbocycles. The van der Waals surface area contributed by atoms with Crippen LogP contribution in [0.4, 0.5) is 10.2 Å². The first-order chi connectivity index (χ1) is 15.0. The molecule has 1 saturated heterocycles. The van der Waals surface area contributed by atoms with E-state index in [1.165, 1.54) is 12.1 Å². The number of halogens is 2. The third kappa shape index (κ3) is 4.24. The highest BCUT2D eigenvalue weighted by molar-refractivity contribution is 6.33. The fourth-order valence-corrected chi connectivity index (χ4v) is 4.15. The van der Waals surface area contributed by atoms with E-state index in [0.29, 0.717) is 17.1 Å². The average Bonchev–Trinajstić information content (AvgIpc) is 3.16. The van der Waals surface area contributed by atoms with Crippen LogP contribution in [-0.2, 0) is 6.42 Å². The van der Waals surface area contributed by atoms with Crippen LogP contribution in [0.15, 0.2) is 48.8 Å². The fraction of sp³-hybridized carbons (Fsp3) is 0.261. The number of imidazole rings is 1. The molecule has 6 nitrogen and oxygen atoms in total. The average molecular weight is 438 g/mol. The molecule has 0 spiro atoms. The Kier molecular flexibility index (Phi) is 5.29. The lowest BCUT2D eigenvalue weighted by Crippen LogP contribution is -2.36. The quantitative estimate of drug-likeness (QED) is 0.496. The lowest BCUT2D eigenvalue weighted by atomic mass is 10.1. The summed E-state index contributed by atoms with van der Waals surface area (Å²) < 4.78 is 13.5. The fourth-order valence-electron chi connectivity index (χ4n) is 3.94. The van der Waals surface area contributed by atoms with Gasteiger partial charge in [0, 0.05) is 43.0 Å². The second kappa shape index (κ2) is 8.24. The highest BCUT2D eigenvalue weighted by Crippen LogP contribution is 2.32. The molecule has 1 aromatic carbocycles. The summed E-state index contributed by atoms with van der Waals surface area (Å²) in [7, 11) is 0. The summed E-state index contributed by atoms with van der Waals surface area (Å²) in [6, 6.07) is 10.4. The van der Waals surface area contributed by atoms with Gasteiger partial charge in [0.05, 0.1) is 16.6 Å². The molecule has 4 aromatic rings. The molecule has 5 rings (SSSR count). The molecule has 0 aliphatic carbocycles. The van der Waals surface area contributed by atoms with E-state index >= 15 is 0 Å². The summed E-state index contributed by atoms with van der Waals surface area (Å²) in [4.78, 5) is 18.9. The van der Waals surface area contributed by atoms with Gasteiger partial charge in [0.25, 0.3) is 0 Å². The molecule has 0 radical (unpaired) electrons. The summed E-state index contributed by atoms with van der Waals surface area (Å²) in [6.07, 6.45) is 5.12. The Hall–Kier alpha value is -3.03. The van der Waals surface area contributed by atoms with Crippen LogP contribution in [0.2, 0.25) is 5.02 Å². The Balaban J connectivity index is 1.44. The number of H-pyrrole nitrogens is 1. The number of hydrogen-bond acceptors (Lipinski definition) is 5. The number of pyridine rings is 2. The molecule has 4 heterocycles. The van der Waals surface area contributed by atoms with Crippen LogP contribution < -0.4 is 4.90 Å². The van der Waals surface area contributed by atoms with Gasteiger partial charge >= 0.3 is 0 Å². The molecule has 158 valence electrons. The number of benzene rings is 1. The number of aromatic nitrogens is 4. The van der Waals surface area contributed by atoms with Crippen molar-refractivity contribution in [2.75, 3.05) is 18.0 Å². The molecule has 0 atom stereocenters. The topological polar surface area (TPSA) is 77.9 Å². The van der Waals surface area contributed by atoms with Crippen molar-refractivity contribution in [3.63, 3.8) is 0 Å². The number of piperidine rings is 1. The lowest BCUT2D eigenvalue weighted by Gasteiger charge is -2.30. The van der Waals surface area contributed by atoms with Gasteiger partial charge in [0.2, 0.25) is 0 Å².